The predicted octanol–water partition coefficient (Wildman–Crippen LogP) is 2.00. The van der Waals surface area contributed by atoms with Crippen LogP contribution in [0.1, 0.15) is 25.1 Å². The lowest BCUT2D eigenvalue weighted by Crippen LogP contribution is -2.25. The lowest BCUT2D eigenvalue weighted by Gasteiger charge is -2.19. The minimum absolute atomic E-state index is 0.548. The molecule has 0 N–H and O–H groups in total. The average Bonchev–Trinajstić information content (AvgIpc) is 2.96. The molecule has 0 saturated heterocycles. The van der Waals surface area contributed by atoms with E-state index in [2.05, 4.69) is 35.0 Å². The molecule has 0 saturated carbocycles. The molecule has 1 aliphatic rings. The number of pyridine rings is 1. The van der Waals surface area contributed by atoms with E-state index < -0.39 is 0 Å². The first kappa shape index (κ1) is 12.2. The van der Waals surface area contributed by atoms with Crippen molar-refractivity contribution in [3.8, 4) is 11.6 Å². The van der Waals surface area contributed by atoms with Gasteiger partial charge < -0.3 is 4.74 Å². The largest absolute Gasteiger partial charge is 0.493 e. The molecule has 5 heteroatoms. The van der Waals surface area contributed by atoms with Crippen LogP contribution in [0.4, 0.5) is 0 Å². The Balaban J connectivity index is 1.92. The van der Waals surface area contributed by atoms with Gasteiger partial charge in [-0.15, -0.1) is 0 Å². The summed E-state index contributed by atoms with van der Waals surface area (Å²) in [6.07, 6.45) is 3.81. The number of methoxy groups -OCH3 is 1. The van der Waals surface area contributed by atoms with Gasteiger partial charge in [-0.05, 0) is 26.0 Å². The van der Waals surface area contributed by atoms with Crippen LogP contribution in [0.3, 0.4) is 0 Å². The van der Waals surface area contributed by atoms with Gasteiger partial charge in [-0.3, -0.25) is 4.90 Å². The van der Waals surface area contributed by atoms with Gasteiger partial charge in [0.15, 0.2) is 11.6 Å². The maximum atomic E-state index is 5.33. The Morgan fingerprint density at radius 1 is 1.32 bits per heavy atom. The summed E-state index contributed by atoms with van der Waals surface area (Å²) in [6, 6.07) is 4.31. The van der Waals surface area contributed by atoms with E-state index in [-0.39, 0.29) is 0 Å². The summed E-state index contributed by atoms with van der Waals surface area (Å²) in [7, 11) is 1.65. The fraction of sp³-hybridized carbons (Fsp3) is 0.429. The van der Waals surface area contributed by atoms with Crippen molar-refractivity contribution in [3.63, 3.8) is 0 Å². The summed E-state index contributed by atoms with van der Waals surface area (Å²) in [4.78, 5) is 6.75. The number of rotatable bonds is 3. The number of hydrogen-bond donors (Lipinski definition) is 0. The van der Waals surface area contributed by atoms with E-state index in [0.29, 0.717) is 6.04 Å². The van der Waals surface area contributed by atoms with Gasteiger partial charge in [0.25, 0.3) is 0 Å². The van der Waals surface area contributed by atoms with Crippen LogP contribution < -0.4 is 4.74 Å². The summed E-state index contributed by atoms with van der Waals surface area (Å²) in [5.41, 5.74) is 2.42. The van der Waals surface area contributed by atoms with Crippen molar-refractivity contribution in [2.24, 2.45) is 0 Å². The first-order chi connectivity index (χ1) is 9.19. The Bertz CT molecular complexity index is 567. The van der Waals surface area contributed by atoms with Gasteiger partial charge >= 0.3 is 0 Å². The molecule has 2 aromatic rings. The van der Waals surface area contributed by atoms with Crippen LogP contribution in [0.2, 0.25) is 0 Å². The maximum absolute atomic E-state index is 5.33. The molecule has 0 fully saturated rings. The second kappa shape index (κ2) is 4.66. The molecule has 100 valence electrons. The summed E-state index contributed by atoms with van der Waals surface area (Å²) in [5, 5.41) is 4.63. The third-order valence-electron chi connectivity index (χ3n) is 3.52. The molecule has 0 spiro atoms. The highest BCUT2D eigenvalue weighted by Gasteiger charge is 2.25. The topological polar surface area (TPSA) is 43.2 Å². The molecule has 1 aliphatic heterocycles. The van der Waals surface area contributed by atoms with E-state index in [4.69, 9.17) is 4.74 Å². The molecule has 3 rings (SSSR count). The van der Waals surface area contributed by atoms with Gasteiger partial charge in [0.1, 0.15) is 0 Å². The predicted molar refractivity (Wildman–Crippen MR) is 72.3 cm³/mol. The molecule has 5 nitrogen and oxygen atoms in total. The van der Waals surface area contributed by atoms with Gasteiger partial charge in [0.2, 0.25) is 0 Å². The standard InChI is InChI=1S/C14H18N4O/c1-10(2)17-7-11-8-18(16-12(11)9-17)14-13(19-3)5-4-6-15-14/h4-6,8,10H,7,9H2,1-3H3. The molecular formula is C14H18N4O. The molecule has 3 heterocycles. The summed E-state index contributed by atoms with van der Waals surface area (Å²) >= 11 is 0. The normalized spacial score (nSPS) is 14.9. The van der Waals surface area contributed by atoms with Gasteiger partial charge in [-0.2, -0.15) is 5.10 Å². The zero-order valence-corrected chi connectivity index (χ0v) is 11.5. The molecule has 0 atom stereocenters. The van der Waals surface area contributed by atoms with Crippen molar-refractivity contribution >= 4 is 0 Å². The minimum atomic E-state index is 0.548. The number of aromatic nitrogens is 3. The molecule has 0 aliphatic carbocycles. The number of ether oxygens (including phenoxy) is 1. The zero-order chi connectivity index (χ0) is 13.4. The van der Waals surface area contributed by atoms with E-state index in [1.807, 2.05) is 16.8 Å². The lowest BCUT2D eigenvalue weighted by atomic mass is 10.3. The molecule has 0 aromatic carbocycles. The molecule has 2 aromatic heterocycles. The molecular weight excluding hydrogens is 240 g/mol. The van der Waals surface area contributed by atoms with Crippen LogP contribution in [0.25, 0.3) is 5.82 Å². The Hall–Kier alpha value is -1.88. The molecule has 19 heavy (non-hydrogen) atoms. The third-order valence-corrected chi connectivity index (χ3v) is 3.52. The maximum Gasteiger partial charge on any atom is 0.196 e. The fourth-order valence-electron chi connectivity index (χ4n) is 2.36. The highest BCUT2D eigenvalue weighted by Crippen LogP contribution is 2.26. The number of hydrogen-bond acceptors (Lipinski definition) is 4. The van der Waals surface area contributed by atoms with Crippen molar-refractivity contribution in [2.45, 2.75) is 33.0 Å². The average molecular weight is 258 g/mol. The highest BCUT2D eigenvalue weighted by atomic mass is 16.5. The lowest BCUT2D eigenvalue weighted by molar-refractivity contribution is 0.224. The van der Waals surface area contributed by atoms with Gasteiger partial charge in [0, 0.05) is 37.1 Å². The second-order valence-corrected chi connectivity index (χ2v) is 5.07. The molecule has 0 radical (unpaired) electrons. The Labute approximate surface area is 112 Å². The SMILES string of the molecule is COc1cccnc1-n1cc2c(n1)CN(C(C)C)C2. The van der Waals surface area contributed by atoms with Crippen molar-refractivity contribution in [1.29, 1.82) is 0 Å². The molecule has 0 amide bonds. The number of fused-ring (bicyclic) bond motifs is 1. The highest BCUT2D eigenvalue weighted by molar-refractivity contribution is 5.40. The van der Waals surface area contributed by atoms with E-state index in [9.17, 15) is 0 Å². The van der Waals surface area contributed by atoms with Gasteiger partial charge in [-0.25, -0.2) is 9.67 Å². The first-order valence-corrected chi connectivity index (χ1v) is 6.50. The molecule has 0 unspecified atom stereocenters. The van der Waals surface area contributed by atoms with Crippen LogP contribution in [0.5, 0.6) is 5.75 Å². The Morgan fingerprint density at radius 3 is 2.84 bits per heavy atom. The van der Waals surface area contributed by atoms with E-state index in [0.717, 1.165) is 30.4 Å². The smallest absolute Gasteiger partial charge is 0.196 e. The second-order valence-electron chi connectivity index (χ2n) is 5.07. The molecule has 0 bridgehead atoms. The van der Waals surface area contributed by atoms with Crippen molar-refractivity contribution in [1.82, 2.24) is 19.7 Å². The van der Waals surface area contributed by atoms with Crippen LogP contribution in [-0.2, 0) is 13.1 Å². The Morgan fingerprint density at radius 2 is 2.16 bits per heavy atom. The van der Waals surface area contributed by atoms with Crippen molar-refractivity contribution < 1.29 is 4.74 Å². The summed E-state index contributed by atoms with van der Waals surface area (Å²) in [6.45, 7) is 6.29. The van der Waals surface area contributed by atoms with E-state index in [1.54, 1.807) is 13.3 Å². The van der Waals surface area contributed by atoms with Crippen LogP contribution in [-0.4, -0.2) is 32.8 Å². The Kier molecular flexibility index (Phi) is 2.98. The van der Waals surface area contributed by atoms with Crippen molar-refractivity contribution in [2.75, 3.05) is 7.11 Å². The van der Waals surface area contributed by atoms with E-state index in [1.165, 1.54) is 5.56 Å². The monoisotopic (exact) mass is 258 g/mol. The van der Waals surface area contributed by atoms with Crippen LogP contribution >= 0.6 is 0 Å². The summed E-state index contributed by atoms with van der Waals surface area (Å²) < 4.78 is 7.15. The number of nitrogens with zero attached hydrogens (tertiary/aromatic N) is 4. The zero-order valence-electron chi connectivity index (χ0n) is 11.5. The van der Waals surface area contributed by atoms with E-state index >= 15 is 0 Å². The quantitative estimate of drug-likeness (QED) is 0.844. The third kappa shape index (κ3) is 2.10. The minimum Gasteiger partial charge on any atom is -0.493 e. The first-order valence-electron chi connectivity index (χ1n) is 6.50. The van der Waals surface area contributed by atoms with Crippen molar-refractivity contribution in [3.05, 3.63) is 35.8 Å². The fourth-order valence-corrected chi connectivity index (χ4v) is 2.36. The van der Waals surface area contributed by atoms with Gasteiger partial charge in [-0.1, -0.05) is 0 Å². The van der Waals surface area contributed by atoms with Gasteiger partial charge in [0.05, 0.1) is 12.8 Å². The van der Waals surface area contributed by atoms with Crippen LogP contribution in [0, 0.1) is 0 Å². The summed E-state index contributed by atoms with van der Waals surface area (Å²) in [5.74, 6) is 1.49. The van der Waals surface area contributed by atoms with Crippen LogP contribution in [0.15, 0.2) is 24.5 Å².